The van der Waals surface area contributed by atoms with Crippen molar-refractivity contribution in [1.29, 1.82) is 0 Å². The minimum atomic E-state index is -1.07. The van der Waals surface area contributed by atoms with E-state index in [1.807, 2.05) is 0 Å². The van der Waals surface area contributed by atoms with Crippen molar-refractivity contribution in [3.63, 3.8) is 0 Å². The highest BCUT2D eigenvalue weighted by atomic mass is 16.5. The van der Waals surface area contributed by atoms with Gasteiger partial charge >= 0.3 is 18.0 Å². The molecule has 0 atom stereocenters. The van der Waals surface area contributed by atoms with E-state index in [0.29, 0.717) is 5.69 Å². The van der Waals surface area contributed by atoms with Gasteiger partial charge in [-0.15, -0.1) is 0 Å². The van der Waals surface area contributed by atoms with Crippen LogP contribution in [0.4, 0.5) is 4.79 Å². The van der Waals surface area contributed by atoms with Crippen LogP contribution >= 0.6 is 0 Å². The summed E-state index contributed by atoms with van der Waals surface area (Å²) in [5.41, 5.74) is 0.502. The highest BCUT2D eigenvalue weighted by Crippen LogP contribution is 2.02. The quantitative estimate of drug-likeness (QED) is 0.739. The summed E-state index contributed by atoms with van der Waals surface area (Å²) in [7, 11) is 1.45. The van der Waals surface area contributed by atoms with Crippen molar-refractivity contribution < 1.29 is 24.2 Å². The predicted octanol–water partition coefficient (Wildman–Crippen LogP) is 0.484. The molecule has 1 heterocycles. The van der Waals surface area contributed by atoms with E-state index in [0.717, 1.165) is 0 Å². The third kappa shape index (κ3) is 5.47. The molecule has 8 nitrogen and oxygen atoms in total. The third-order valence-corrected chi connectivity index (χ3v) is 2.50. The van der Waals surface area contributed by atoms with Crippen molar-refractivity contribution in [2.24, 2.45) is 0 Å². The van der Waals surface area contributed by atoms with Crippen molar-refractivity contribution in [2.45, 2.75) is 13.5 Å². The van der Waals surface area contributed by atoms with Gasteiger partial charge < -0.3 is 20.1 Å². The Morgan fingerprint density at radius 1 is 1.43 bits per heavy atom. The summed E-state index contributed by atoms with van der Waals surface area (Å²) in [6, 6.07) is 2.25. The van der Waals surface area contributed by atoms with Gasteiger partial charge in [0.05, 0.1) is 24.4 Å². The molecule has 1 rings (SSSR count). The van der Waals surface area contributed by atoms with E-state index in [-0.39, 0.29) is 25.3 Å². The van der Waals surface area contributed by atoms with Crippen molar-refractivity contribution in [1.82, 2.24) is 15.2 Å². The van der Waals surface area contributed by atoms with Crippen LogP contribution in [0.1, 0.15) is 23.0 Å². The van der Waals surface area contributed by atoms with Crippen LogP contribution < -0.4 is 5.32 Å². The number of hydrogen-bond donors (Lipinski definition) is 2. The van der Waals surface area contributed by atoms with Gasteiger partial charge in [0.25, 0.3) is 0 Å². The van der Waals surface area contributed by atoms with E-state index in [4.69, 9.17) is 9.84 Å². The Kier molecular flexibility index (Phi) is 6.12. The lowest BCUT2D eigenvalue weighted by molar-refractivity contribution is -0.143. The lowest BCUT2D eigenvalue weighted by atomic mass is 10.2. The first kappa shape index (κ1) is 16.4. The number of aromatic carboxylic acids is 1. The first-order valence-electron chi connectivity index (χ1n) is 6.26. The van der Waals surface area contributed by atoms with Crippen LogP contribution in [0.15, 0.2) is 18.3 Å². The summed E-state index contributed by atoms with van der Waals surface area (Å²) < 4.78 is 4.73. The normalized spacial score (nSPS) is 9.81. The van der Waals surface area contributed by atoms with Gasteiger partial charge in [-0.05, 0) is 19.1 Å². The Morgan fingerprint density at radius 3 is 2.76 bits per heavy atom. The lowest BCUT2D eigenvalue weighted by Gasteiger charge is -2.16. The van der Waals surface area contributed by atoms with Crippen LogP contribution in [0.3, 0.4) is 0 Å². The Morgan fingerprint density at radius 2 is 2.14 bits per heavy atom. The predicted molar refractivity (Wildman–Crippen MR) is 72.7 cm³/mol. The molecule has 0 aliphatic heterocycles. The molecule has 21 heavy (non-hydrogen) atoms. The van der Waals surface area contributed by atoms with Crippen molar-refractivity contribution in [3.05, 3.63) is 29.6 Å². The zero-order valence-corrected chi connectivity index (χ0v) is 11.8. The Balaban J connectivity index is 2.50. The average molecular weight is 295 g/mol. The molecule has 0 aliphatic carbocycles. The smallest absolute Gasteiger partial charge is 0.335 e. The number of urea groups is 1. The zero-order valence-electron chi connectivity index (χ0n) is 11.8. The maximum atomic E-state index is 11.7. The Bertz CT molecular complexity index is 532. The van der Waals surface area contributed by atoms with E-state index in [1.165, 1.54) is 30.3 Å². The summed E-state index contributed by atoms with van der Waals surface area (Å²) in [4.78, 5) is 38.9. The average Bonchev–Trinajstić information content (AvgIpc) is 2.45. The summed E-state index contributed by atoms with van der Waals surface area (Å²) in [6.07, 6.45) is 1.35. The molecule has 0 unspecified atom stereocenters. The minimum Gasteiger partial charge on any atom is -0.478 e. The zero-order chi connectivity index (χ0) is 15.8. The number of carboxylic acid groups (broad SMARTS) is 1. The van der Waals surface area contributed by atoms with Crippen LogP contribution in [0.25, 0.3) is 0 Å². The summed E-state index contributed by atoms with van der Waals surface area (Å²) in [6.45, 7) is 1.83. The summed E-state index contributed by atoms with van der Waals surface area (Å²) >= 11 is 0. The van der Waals surface area contributed by atoms with Crippen LogP contribution in [-0.2, 0) is 16.1 Å². The number of rotatable bonds is 6. The van der Waals surface area contributed by atoms with E-state index < -0.39 is 18.0 Å². The van der Waals surface area contributed by atoms with Gasteiger partial charge in [-0.3, -0.25) is 9.78 Å². The number of ether oxygens (including phenoxy) is 1. The van der Waals surface area contributed by atoms with Gasteiger partial charge in [-0.2, -0.15) is 0 Å². The second-order valence-corrected chi connectivity index (χ2v) is 4.16. The van der Waals surface area contributed by atoms with Crippen LogP contribution in [0.2, 0.25) is 0 Å². The molecule has 2 N–H and O–H groups in total. The molecule has 1 aromatic rings. The molecular weight excluding hydrogens is 278 g/mol. The second kappa shape index (κ2) is 7.83. The number of aromatic nitrogens is 1. The fraction of sp³-hybridized carbons (Fsp3) is 0.385. The summed E-state index contributed by atoms with van der Waals surface area (Å²) in [5.74, 6) is -1.56. The molecule has 0 aliphatic rings. The van der Waals surface area contributed by atoms with Gasteiger partial charge in [0.2, 0.25) is 0 Å². The van der Waals surface area contributed by atoms with Gasteiger partial charge in [0.15, 0.2) is 0 Å². The monoisotopic (exact) mass is 295 g/mol. The molecule has 0 aromatic carbocycles. The molecule has 2 amide bonds. The highest BCUT2D eigenvalue weighted by molar-refractivity contribution is 5.87. The van der Waals surface area contributed by atoms with Gasteiger partial charge in [-0.25, -0.2) is 9.59 Å². The number of carboxylic acids is 1. The minimum absolute atomic E-state index is 0.0626. The SMILES string of the molecule is CCOC(=O)CN(C)C(=O)NCc1cc(C(=O)O)ccn1. The van der Waals surface area contributed by atoms with E-state index >= 15 is 0 Å². The van der Waals surface area contributed by atoms with Crippen molar-refractivity contribution in [3.8, 4) is 0 Å². The molecule has 0 bridgehead atoms. The Labute approximate surface area is 121 Å². The van der Waals surface area contributed by atoms with Crippen molar-refractivity contribution >= 4 is 18.0 Å². The molecule has 0 fully saturated rings. The molecule has 1 aromatic heterocycles. The molecule has 0 spiro atoms. The van der Waals surface area contributed by atoms with Gasteiger partial charge in [-0.1, -0.05) is 0 Å². The summed E-state index contributed by atoms with van der Waals surface area (Å²) in [5, 5.41) is 11.4. The number of pyridine rings is 1. The first-order valence-corrected chi connectivity index (χ1v) is 6.26. The number of likely N-dealkylation sites (N-methyl/N-ethyl adjacent to an activating group) is 1. The van der Waals surface area contributed by atoms with Crippen LogP contribution in [0.5, 0.6) is 0 Å². The maximum absolute atomic E-state index is 11.7. The van der Waals surface area contributed by atoms with Crippen LogP contribution in [-0.4, -0.2) is 53.2 Å². The van der Waals surface area contributed by atoms with E-state index in [9.17, 15) is 14.4 Å². The standard InChI is InChI=1S/C13H17N3O5/c1-3-21-11(17)8-16(2)13(20)15-7-10-6-9(12(18)19)4-5-14-10/h4-6H,3,7-8H2,1-2H3,(H,15,20)(H,18,19). The lowest BCUT2D eigenvalue weighted by Crippen LogP contribution is -2.40. The van der Waals surface area contributed by atoms with E-state index in [1.54, 1.807) is 6.92 Å². The number of amides is 2. The second-order valence-electron chi connectivity index (χ2n) is 4.16. The number of carbonyl (C=O) groups is 3. The molecule has 0 saturated heterocycles. The third-order valence-electron chi connectivity index (χ3n) is 2.50. The molecule has 114 valence electrons. The number of carbonyl (C=O) groups excluding carboxylic acids is 2. The molecule has 0 saturated carbocycles. The number of nitrogens with zero attached hydrogens (tertiary/aromatic N) is 2. The van der Waals surface area contributed by atoms with Crippen molar-refractivity contribution in [2.75, 3.05) is 20.2 Å². The number of esters is 1. The topological polar surface area (TPSA) is 109 Å². The number of nitrogens with one attached hydrogen (secondary N) is 1. The van der Waals surface area contributed by atoms with E-state index in [2.05, 4.69) is 10.3 Å². The van der Waals surface area contributed by atoms with Crippen LogP contribution in [0, 0.1) is 0 Å². The molecule has 0 radical (unpaired) electrons. The maximum Gasteiger partial charge on any atom is 0.335 e. The largest absolute Gasteiger partial charge is 0.478 e. The van der Waals surface area contributed by atoms with Gasteiger partial charge in [0, 0.05) is 13.2 Å². The molecule has 8 heteroatoms. The number of hydrogen-bond acceptors (Lipinski definition) is 5. The highest BCUT2D eigenvalue weighted by Gasteiger charge is 2.13. The fourth-order valence-corrected chi connectivity index (χ4v) is 1.48. The van der Waals surface area contributed by atoms with Gasteiger partial charge in [0.1, 0.15) is 6.54 Å². The first-order chi connectivity index (χ1) is 9.93. The molecular formula is C13H17N3O5. The Hall–Kier alpha value is -2.64. The fourth-order valence-electron chi connectivity index (χ4n) is 1.48.